The molecular weight excluding hydrogens is 240 g/mol. The van der Waals surface area contributed by atoms with Gasteiger partial charge in [0.2, 0.25) is 10.0 Å². The molecule has 102 valence electrons. The number of piperidine rings is 1. The molecule has 1 fully saturated rings. The summed E-state index contributed by atoms with van der Waals surface area (Å²) in [6.07, 6.45) is 5.02. The molecule has 1 saturated heterocycles. The van der Waals surface area contributed by atoms with E-state index in [9.17, 15) is 8.42 Å². The van der Waals surface area contributed by atoms with Crippen molar-refractivity contribution in [1.82, 2.24) is 4.31 Å². The average molecular weight is 264 g/mol. The lowest BCUT2D eigenvalue weighted by atomic mass is 9.92. The van der Waals surface area contributed by atoms with Gasteiger partial charge in [-0.15, -0.1) is 0 Å². The zero-order valence-corrected chi connectivity index (χ0v) is 11.6. The number of methoxy groups -OCH3 is 1. The molecule has 17 heavy (non-hydrogen) atoms. The van der Waals surface area contributed by atoms with Gasteiger partial charge < -0.3 is 10.5 Å². The predicted molar refractivity (Wildman–Crippen MR) is 68.2 cm³/mol. The molecule has 6 heteroatoms. The fourth-order valence-electron chi connectivity index (χ4n) is 2.34. The van der Waals surface area contributed by atoms with E-state index in [4.69, 9.17) is 10.5 Å². The van der Waals surface area contributed by atoms with Crippen molar-refractivity contribution in [3.8, 4) is 0 Å². The molecule has 0 radical (unpaired) electrons. The van der Waals surface area contributed by atoms with Gasteiger partial charge in [0.25, 0.3) is 0 Å². The quantitative estimate of drug-likeness (QED) is 0.754. The highest BCUT2D eigenvalue weighted by Crippen LogP contribution is 2.22. The number of sulfonamides is 1. The molecule has 5 nitrogen and oxygen atoms in total. The Morgan fingerprint density at radius 2 is 2.24 bits per heavy atom. The van der Waals surface area contributed by atoms with Crippen molar-refractivity contribution in [2.75, 3.05) is 33.1 Å². The first kappa shape index (κ1) is 14.9. The number of hydrogen-bond donors (Lipinski definition) is 1. The SMILES string of the molecule is COCCC(N)CC1CCCN(S(C)(=O)=O)C1. The topological polar surface area (TPSA) is 72.6 Å². The normalized spacial score (nSPS) is 24.8. The van der Waals surface area contributed by atoms with Gasteiger partial charge in [-0.2, -0.15) is 0 Å². The minimum atomic E-state index is -3.04. The summed E-state index contributed by atoms with van der Waals surface area (Å²) in [4.78, 5) is 0. The van der Waals surface area contributed by atoms with Gasteiger partial charge in [-0.25, -0.2) is 12.7 Å². The second-order valence-electron chi connectivity index (χ2n) is 4.91. The van der Waals surface area contributed by atoms with Crippen LogP contribution in [-0.2, 0) is 14.8 Å². The predicted octanol–water partition coefficient (Wildman–Crippen LogP) is 0.412. The Morgan fingerprint density at radius 1 is 1.53 bits per heavy atom. The summed E-state index contributed by atoms with van der Waals surface area (Å²) in [7, 11) is -1.38. The van der Waals surface area contributed by atoms with E-state index in [1.54, 1.807) is 11.4 Å². The van der Waals surface area contributed by atoms with Gasteiger partial charge >= 0.3 is 0 Å². The number of hydrogen-bond acceptors (Lipinski definition) is 4. The first-order valence-corrected chi connectivity index (χ1v) is 7.98. The Balaban J connectivity index is 2.39. The summed E-state index contributed by atoms with van der Waals surface area (Å²) in [5.41, 5.74) is 6.00. The lowest BCUT2D eigenvalue weighted by molar-refractivity contribution is 0.177. The maximum absolute atomic E-state index is 11.5. The van der Waals surface area contributed by atoms with Crippen molar-refractivity contribution in [2.24, 2.45) is 11.7 Å². The van der Waals surface area contributed by atoms with Crippen molar-refractivity contribution in [2.45, 2.75) is 31.7 Å². The highest BCUT2D eigenvalue weighted by Gasteiger charge is 2.26. The molecule has 1 aliphatic rings. The smallest absolute Gasteiger partial charge is 0.211 e. The Kier molecular flexibility index (Phi) is 5.85. The largest absolute Gasteiger partial charge is 0.385 e. The molecule has 1 aliphatic heterocycles. The number of nitrogens with zero attached hydrogens (tertiary/aromatic N) is 1. The summed E-state index contributed by atoms with van der Waals surface area (Å²) >= 11 is 0. The minimum absolute atomic E-state index is 0.111. The number of rotatable bonds is 6. The molecule has 0 bridgehead atoms. The van der Waals surface area contributed by atoms with Crippen molar-refractivity contribution < 1.29 is 13.2 Å². The average Bonchev–Trinajstić information content (AvgIpc) is 2.25. The van der Waals surface area contributed by atoms with Crippen LogP contribution in [0.25, 0.3) is 0 Å². The number of nitrogens with two attached hydrogens (primary N) is 1. The van der Waals surface area contributed by atoms with E-state index in [1.807, 2.05) is 0 Å². The summed E-state index contributed by atoms with van der Waals surface area (Å²) in [5.74, 6) is 0.394. The van der Waals surface area contributed by atoms with Crippen LogP contribution in [0.5, 0.6) is 0 Å². The first-order valence-electron chi connectivity index (χ1n) is 6.13. The van der Waals surface area contributed by atoms with Crippen LogP contribution < -0.4 is 5.73 Å². The van der Waals surface area contributed by atoms with Crippen LogP contribution in [0, 0.1) is 5.92 Å². The van der Waals surface area contributed by atoms with E-state index >= 15 is 0 Å². The monoisotopic (exact) mass is 264 g/mol. The van der Waals surface area contributed by atoms with Crippen LogP contribution in [0.2, 0.25) is 0 Å². The van der Waals surface area contributed by atoms with Gasteiger partial charge in [0.1, 0.15) is 0 Å². The highest BCUT2D eigenvalue weighted by atomic mass is 32.2. The van der Waals surface area contributed by atoms with Gasteiger partial charge in [0.15, 0.2) is 0 Å². The molecule has 0 spiro atoms. The summed E-state index contributed by atoms with van der Waals surface area (Å²) in [5, 5.41) is 0. The lowest BCUT2D eigenvalue weighted by Gasteiger charge is -2.32. The van der Waals surface area contributed by atoms with E-state index in [-0.39, 0.29) is 6.04 Å². The molecule has 0 aromatic carbocycles. The zero-order chi connectivity index (χ0) is 12.9. The van der Waals surface area contributed by atoms with Crippen molar-refractivity contribution in [3.05, 3.63) is 0 Å². The molecule has 0 amide bonds. The zero-order valence-electron chi connectivity index (χ0n) is 10.8. The van der Waals surface area contributed by atoms with E-state index in [2.05, 4.69) is 0 Å². The van der Waals surface area contributed by atoms with Gasteiger partial charge in [-0.05, 0) is 31.6 Å². The minimum Gasteiger partial charge on any atom is -0.385 e. The molecule has 0 saturated carbocycles. The third kappa shape index (κ3) is 5.33. The van der Waals surface area contributed by atoms with Gasteiger partial charge in [-0.1, -0.05) is 0 Å². The summed E-state index contributed by atoms with van der Waals surface area (Å²) in [6, 6.07) is 0.111. The second kappa shape index (κ2) is 6.68. The van der Waals surface area contributed by atoms with Gasteiger partial charge in [0.05, 0.1) is 6.26 Å². The Morgan fingerprint density at radius 3 is 2.82 bits per heavy atom. The highest BCUT2D eigenvalue weighted by molar-refractivity contribution is 7.88. The van der Waals surface area contributed by atoms with E-state index in [0.29, 0.717) is 25.6 Å². The molecule has 0 aromatic heterocycles. The van der Waals surface area contributed by atoms with Gasteiger partial charge in [-0.3, -0.25) is 0 Å². The molecule has 2 unspecified atom stereocenters. The van der Waals surface area contributed by atoms with Crippen molar-refractivity contribution in [1.29, 1.82) is 0 Å². The molecule has 2 N–H and O–H groups in total. The van der Waals surface area contributed by atoms with Crippen molar-refractivity contribution in [3.63, 3.8) is 0 Å². The fourth-order valence-corrected chi connectivity index (χ4v) is 3.28. The molecule has 1 rings (SSSR count). The standard InChI is InChI=1S/C11H24N2O3S/c1-16-7-5-11(12)8-10-4-3-6-13(9-10)17(2,14)15/h10-11H,3-9,12H2,1-2H3. The van der Waals surface area contributed by atoms with Crippen LogP contribution >= 0.6 is 0 Å². The van der Waals surface area contributed by atoms with Crippen LogP contribution in [-0.4, -0.2) is 51.8 Å². The van der Waals surface area contributed by atoms with Crippen LogP contribution in [0.15, 0.2) is 0 Å². The maximum atomic E-state index is 11.5. The third-order valence-electron chi connectivity index (χ3n) is 3.28. The van der Waals surface area contributed by atoms with E-state index < -0.39 is 10.0 Å². The summed E-state index contributed by atoms with van der Waals surface area (Å²) < 4.78 is 29.5. The van der Waals surface area contributed by atoms with Gasteiger partial charge in [0, 0.05) is 32.8 Å². The van der Waals surface area contributed by atoms with E-state index in [0.717, 1.165) is 25.7 Å². The first-order chi connectivity index (χ1) is 7.93. The van der Waals surface area contributed by atoms with Crippen LogP contribution in [0.1, 0.15) is 25.7 Å². The summed E-state index contributed by atoms with van der Waals surface area (Å²) in [6.45, 7) is 1.95. The molecule has 0 aliphatic carbocycles. The Labute approximate surface area is 104 Å². The van der Waals surface area contributed by atoms with Crippen LogP contribution in [0.4, 0.5) is 0 Å². The Hall–Kier alpha value is -0.170. The van der Waals surface area contributed by atoms with E-state index in [1.165, 1.54) is 6.26 Å². The third-order valence-corrected chi connectivity index (χ3v) is 4.55. The molecule has 1 heterocycles. The molecular formula is C11H24N2O3S. The fraction of sp³-hybridized carbons (Fsp3) is 1.00. The maximum Gasteiger partial charge on any atom is 0.211 e. The molecule has 2 atom stereocenters. The lowest BCUT2D eigenvalue weighted by Crippen LogP contribution is -2.41. The van der Waals surface area contributed by atoms with Crippen molar-refractivity contribution >= 4 is 10.0 Å². The van der Waals surface area contributed by atoms with Crippen LogP contribution in [0.3, 0.4) is 0 Å². The Bertz CT molecular complexity index is 319. The molecule has 0 aromatic rings. The number of ether oxygens (including phenoxy) is 1. The second-order valence-corrected chi connectivity index (χ2v) is 6.89.